The lowest BCUT2D eigenvalue weighted by molar-refractivity contribution is -0.133. The third kappa shape index (κ3) is 4.82. The number of carbonyl (C=O) groups is 2. The second kappa shape index (κ2) is 9.89. The number of benzene rings is 3. The number of nitrogens with zero attached hydrogens (tertiary/aromatic N) is 3. The topological polar surface area (TPSA) is 76.5 Å². The number of hydrogen-bond acceptors (Lipinski definition) is 4. The van der Waals surface area contributed by atoms with Gasteiger partial charge in [-0.3, -0.25) is 14.3 Å². The Morgan fingerprint density at radius 3 is 2.41 bits per heavy atom. The van der Waals surface area contributed by atoms with Crippen molar-refractivity contribution in [1.82, 2.24) is 20.0 Å². The zero-order valence-electron chi connectivity index (χ0n) is 20.6. The average molecular weight is 499 g/mol. The van der Waals surface area contributed by atoms with Crippen molar-refractivity contribution < 1.29 is 18.7 Å². The molecule has 37 heavy (non-hydrogen) atoms. The highest BCUT2D eigenvalue weighted by molar-refractivity contribution is 6.00. The molecule has 3 aromatic carbocycles. The molecule has 0 fully saturated rings. The molecule has 0 bridgehead atoms. The second-order valence-electron chi connectivity index (χ2n) is 9.26. The fraction of sp³-hybridized carbons (Fsp3) is 0.207. The van der Waals surface area contributed by atoms with Crippen LogP contribution in [-0.4, -0.2) is 39.1 Å². The van der Waals surface area contributed by atoms with E-state index in [0.717, 1.165) is 22.4 Å². The van der Waals surface area contributed by atoms with Crippen LogP contribution < -0.4 is 10.1 Å². The van der Waals surface area contributed by atoms with Crippen LogP contribution in [0, 0.1) is 5.82 Å². The Labute approximate surface area is 214 Å². The van der Waals surface area contributed by atoms with Crippen LogP contribution in [0.5, 0.6) is 5.75 Å². The molecule has 4 aromatic rings. The molecule has 188 valence electrons. The minimum absolute atomic E-state index is 0.150. The van der Waals surface area contributed by atoms with Gasteiger partial charge in [-0.05, 0) is 60.5 Å². The smallest absolute Gasteiger partial charge is 0.273 e. The summed E-state index contributed by atoms with van der Waals surface area (Å²) in [6.07, 6.45) is 0. The zero-order valence-corrected chi connectivity index (χ0v) is 20.6. The third-order valence-electron chi connectivity index (χ3n) is 6.72. The van der Waals surface area contributed by atoms with E-state index in [9.17, 15) is 14.0 Å². The van der Waals surface area contributed by atoms with E-state index in [1.165, 1.54) is 12.1 Å². The van der Waals surface area contributed by atoms with Crippen LogP contribution in [0.2, 0.25) is 0 Å². The lowest BCUT2D eigenvalue weighted by atomic mass is 9.94. The maximum Gasteiger partial charge on any atom is 0.273 e. The van der Waals surface area contributed by atoms with E-state index in [0.29, 0.717) is 17.9 Å². The van der Waals surface area contributed by atoms with Gasteiger partial charge in [-0.1, -0.05) is 42.5 Å². The standard InChI is InChI=1S/C29H27FN4O3/c1-29(28(36)31-17-20-6-4-3-5-7-20)19-34-26(16-25(32-34)22-10-14-24(37-2)15-11-22)27(35)33(29)18-21-8-12-23(30)13-9-21/h3-16H,17-19H2,1-2H3,(H,31,36)/t29-/m0/s1. The Kier molecular flexibility index (Phi) is 6.48. The Balaban J connectivity index is 1.49. The highest BCUT2D eigenvalue weighted by Crippen LogP contribution is 2.32. The van der Waals surface area contributed by atoms with E-state index in [2.05, 4.69) is 10.4 Å². The van der Waals surface area contributed by atoms with Crippen molar-refractivity contribution in [3.8, 4) is 17.0 Å². The summed E-state index contributed by atoms with van der Waals surface area (Å²) in [4.78, 5) is 29.0. The number of aromatic nitrogens is 2. The number of carbonyl (C=O) groups excluding carboxylic acids is 2. The van der Waals surface area contributed by atoms with Gasteiger partial charge in [0.15, 0.2) is 0 Å². The van der Waals surface area contributed by atoms with Gasteiger partial charge in [0.1, 0.15) is 22.8 Å². The molecule has 1 aliphatic heterocycles. The van der Waals surface area contributed by atoms with E-state index in [1.54, 1.807) is 41.8 Å². The first-order chi connectivity index (χ1) is 17.9. The molecule has 1 N–H and O–H groups in total. The summed E-state index contributed by atoms with van der Waals surface area (Å²) < 4.78 is 20.4. The lowest BCUT2D eigenvalue weighted by Crippen LogP contribution is -2.63. The molecule has 1 aliphatic rings. The maximum absolute atomic E-state index is 13.8. The van der Waals surface area contributed by atoms with Gasteiger partial charge >= 0.3 is 0 Å². The fourth-order valence-electron chi connectivity index (χ4n) is 4.53. The van der Waals surface area contributed by atoms with E-state index in [4.69, 9.17) is 4.74 Å². The average Bonchev–Trinajstić information content (AvgIpc) is 3.35. The first kappa shape index (κ1) is 24.2. The Bertz CT molecular complexity index is 1420. The number of rotatable bonds is 7. The minimum Gasteiger partial charge on any atom is -0.497 e. The molecule has 7 nitrogen and oxygen atoms in total. The Morgan fingerprint density at radius 1 is 1.03 bits per heavy atom. The molecule has 1 aromatic heterocycles. The molecule has 0 unspecified atom stereocenters. The quantitative estimate of drug-likeness (QED) is 0.409. The van der Waals surface area contributed by atoms with Crippen LogP contribution in [0.25, 0.3) is 11.3 Å². The number of hydrogen-bond donors (Lipinski definition) is 1. The molecule has 0 saturated heterocycles. The normalized spacial score (nSPS) is 16.8. The van der Waals surface area contributed by atoms with Crippen molar-refractivity contribution >= 4 is 11.8 Å². The van der Waals surface area contributed by atoms with E-state index >= 15 is 0 Å². The molecule has 1 atom stereocenters. The molecule has 8 heteroatoms. The van der Waals surface area contributed by atoms with E-state index in [1.807, 2.05) is 54.6 Å². The Morgan fingerprint density at radius 2 is 1.73 bits per heavy atom. The number of methoxy groups -OCH3 is 1. The Hall–Kier alpha value is -4.46. The first-order valence-electron chi connectivity index (χ1n) is 12.0. The molecule has 5 rings (SSSR count). The van der Waals surface area contributed by atoms with Crippen molar-refractivity contribution in [1.29, 1.82) is 0 Å². The number of fused-ring (bicyclic) bond motifs is 1. The second-order valence-corrected chi connectivity index (χ2v) is 9.26. The van der Waals surface area contributed by atoms with Gasteiger partial charge in [0, 0.05) is 18.7 Å². The largest absolute Gasteiger partial charge is 0.497 e. The minimum atomic E-state index is -1.23. The van der Waals surface area contributed by atoms with Crippen LogP contribution in [0.15, 0.2) is 84.9 Å². The van der Waals surface area contributed by atoms with Crippen LogP contribution in [-0.2, 0) is 24.4 Å². The summed E-state index contributed by atoms with van der Waals surface area (Å²) in [5, 5.41) is 7.66. The first-order valence-corrected chi connectivity index (χ1v) is 12.0. The van der Waals surface area contributed by atoms with Gasteiger partial charge in [-0.25, -0.2) is 4.39 Å². The number of amides is 2. The summed E-state index contributed by atoms with van der Waals surface area (Å²) in [7, 11) is 1.60. The summed E-state index contributed by atoms with van der Waals surface area (Å²) >= 11 is 0. The van der Waals surface area contributed by atoms with Crippen molar-refractivity contribution in [2.24, 2.45) is 0 Å². The highest BCUT2D eigenvalue weighted by atomic mass is 19.1. The van der Waals surface area contributed by atoms with Crippen LogP contribution in [0.1, 0.15) is 28.5 Å². The zero-order chi connectivity index (χ0) is 26.0. The molecule has 0 aliphatic carbocycles. The van der Waals surface area contributed by atoms with Crippen molar-refractivity contribution in [2.45, 2.75) is 32.1 Å². The van der Waals surface area contributed by atoms with Gasteiger partial charge in [0.05, 0.1) is 19.3 Å². The predicted molar refractivity (Wildman–Crippen MR) is 137 cm³/mol. The molecular weight excluding hydrogens is 471 g/mol. The highest BCUT2D eigenvalue weighted by Gasteiger charge is 2.48. The maximum atomic E-state index is 13.8. The number of halogens is 1. The summed E-state index contributed by atoms with van der Waals surface area (Å²) in [5.74, 6) is -0.254. The molecule has 0 spiro atoms. The molecule has 0 radical (unpaired) electrons. The van der Waals surface area contributed by atoms with Crippen LogP contribution in [0.3, 0.4) is 0 Å². The van der Waals surface area contributed by atoms with Crippen LogP contribution >= 0.6 is 0 Å². The summed E-state index contributed by atoms with van der Waals surface area (Å²) in [6.45, 7) is 2.40. The number of nitrogens with one attached hydrogen (secondary N) is 1. The molecule has 2 heterocycles. The molecular formula is C29H27FN4O3. The fourth-order valence-corrected chi connectivity index (χ4v) is 4.53. The van der Waals surface area contributed by atoms with E-state index in [-0.39, 0.29) is 30.7 Å². The third-order valence-corrected chi connectivity index (χ3v) is 6.72. The molecule has 0 saturated carbocycles. The van der Waals surface area contributed by atoms with Gasteiger partial charge in [-0.2, -0.15) is 5.10 Å². The van der Waals surface area contributed by atoms with Crippen LogP contribution in [0.4, 0.5) is 4.39 Å². The lowest BCUT2D eigenvalue weighted by Gasteiger charge is -2.43. The van der Waals surface area contributed by atoms with Gasteiger partial charge in [0.2, 0.25) is 5.91 Å². The van der Waals surface area contributed by atoms with Gasteiger partial charge in [0.25, 0.3) is 5.91 Å². The summed E-state index contributed by atoms with van der Waals surface area (Å²) in [5.41, 5.74) is 2.29. The predicted octanol–water partition coefficient (Wildman–Crippen LogP) is 4.43. The number of ether oxygens (including phenoxy) is 1. The monoisotopic (exact) mass is 498 g/mol. The summed E-state index contributed by atoms with van der Waals surface area (Å²) in [6, 6.07) is 24.7. The van der Waals surface area contributed by atoms with Crippen molar-refractivity contribution in [3.05, 3.63) is 108 Å². The van der Waals surface area contributed by atoms with E-state index < -0.39 is 5.54 Å². The van der Waals surface area contributed by atoms with Crippen molar-refractivity contribution in [2.75, 3.05) is 7.11 Å². The van der Waals surface area contributed by atoms with Gasteiger partial charge in [-0.15, -0.1) is 0 Å². The SMILES string of the molecule is COc1ccc(-c2cc3n(n2)C[C@@](C)(C(=O)NCc2ccccc2)N(Cc2ccc(F)cc2)C3=O)cc1. The molecule has 2 amide bonds. The van der Waals surface area contributed by atoms with Crippen molar-refractivity contribution in [3.63, 3.8) is 0 Å². The van der Waals surface area contributed by atoms with Gasteiger partial charge < -0.3 is 15.0 Å².